The molecule has 2 heterocycles. The molecule has 1 N–H and O–H groups in total. The number of rotatable bonds is 4. The lowest BCUT2D eigenvalue weighted by atomic mass is 10.2. The van der Waals surface area contributed by atoms with Gasteiger partial charge in [0.25, 0.3) is 0 Å². The van der Waals surface area contributed by atoms with Crippen LogP contribution in [0.25, 0.3) is 0 Å². The number of hydrogen-bond donors (Lipinski definition) is 1. The Morgan fingerprint density at radius 1 is 1.32 bits per heavy atom. The fourth-order valence-corrected chi connectivity index (χ4v) is 2.56. The van der Waals surface area contributed by atoms with E-state index >= 15 is 0 Å². The maximum atomic E-state index is 14.3. The number of nitrogens with one attached hydrogen (secondary N) is 1. The Hall–Kier alpha value is -2.35. The zero-order valence-corrected chi connectivity index (χ0v) is 11.8. The monoisotopic (exact) mass is 309 g/mol. The molecule has 7 nitrogen and oxygen atoms in total. The molecular formula is C14H16FN3O4. The number of benzene rings is 1. The van der Waals surface area contributed by atoms with E-state index in [2.05, 4.69) is 5.32 Å². The van der Waals surface area contributed by atoms with Gasteiger partial charge in [-0.3, -0.25) is 9.69 Å². The van der Waals surface area contributed by atoms with Crippen LogP contribution in [0.15, 0.2) is 18.2 Å². The Kier molecular flexibility index (Phi) is 4.10. The van der Waals surface area contributed by atoms with Crippen molar-refractivity contribution in [2.24, 2.45) is 0 Å². The average Bonchev–Trinajstić information content (AvgIpc) is 2.89. The number of amides is 2. The highest BCUT2D eigenvalue weighted by atomic mass is 19.1. The smallest absolute Gasteiger partial charge is 0.416 e. The highest BCUT2D eigenvalue weighted by Crippen LogP contribution is 2.27. The average molecular weight is 309 g/mol. The van der Waals surface area contributed by atoms with Gasteiger partial charge in [-0.2, -0.15) is 0 Å². The third kappa shape index (κ3) is 2.82. The second-order valence-corrected chi connectivity index (χ2v) is 5.00. The van der Waals surface area contributed by atoms with E-state index in [4.69, 9.17) is 9.47 Å². The molecule has 118 valence electrons. The molecule has 0 bridgehead atoms. The molecule has 3 rings (SSSR count). The van der Waals surface area contributed by atoms with Gasteiger partial charge in [0.05, 0.1) is 31.1 Å². The van der Waals surface area contributed by atoms with Gasteiger partial charge < -0.3 is 19.7 Å². The van der Waals surface area contributed by atoms with Crippen LogP contribution in [0.4, 0.5) is 20.6 Å². The molecule has 2 fully saturated rings. The number of hydrogen-bond acceptors (Lipinski definition) is 5. The number of cyclic esters (lactones) is 1. The van der Waals surface area contributed by atoms with Crippen molar-refractivity contribution in [3.63, 3.8) is 0 Å². The van der Waals surface area contributed by atoms with Crippen molar-refractivity contribution in [1.29, 1.82) is 0 Å². The van der Waals surface area contributed by atoms with Crippen LogP contribution in [0.3, 0.4) is 0 Å². The quantitative estimate of drug-likeness (QED) is 0.829. The minimum atomic E-state index is -0.716. The molecule has 1 aromatic carbocycles. The second-order valence-electron chi connectivity index (χ2n) is 5.00. The lowest BCUT2D eigenvalue weighted by Crippen LogP contribution is -2.36. The Labute approximate surface area is 126 Å². The summed E-state index contributed by atoms with van der Waals surface area (Å²) in [5.41, 5.74) is 0.886. The van der Waals surface area contributed by atoms with E-state index in [0.29, 0.717) is 44.1 Å². The fraction of sp³-hybridized carbons (Fsp3) is 0.429. The van der Waals surface area contributed by atoms with Crippen LogP contribution in [0.1, 0.15) is 0 Å². The first-order valence-corrected chi connectivity index (χ1v) is 6.99. The fourth-order valence-electron chi connectivity index (χ4n) is 2.56. The molecule has 8 heteroatoms. The number of anilines is 2. The summed E-state index contributed by atoms with van der Waals surface area (Å²) in [5.74, 6) is -0.404. The standard InChI is InChI=1S/C14H16FN3O4/c15-11-7-10(18-8-13(16-9-19)22-14(18)20)1-2-12(11)17-3-5-21-6-4-17/h1-2,7,9,13H,3-6,8H2,(H,16,19). The van der Waals surface area contributed by atoms with Crippen molar-refractivity contribution in [1.82, 2.24) is 5.32 Å². The predicted molar refractivity (Wildman–Crippen MR) is 76.2 cm³/mol. The molecule has 2 aliphatic heterocycles. The zero-order chi connectivity index (χ0) is 15.5. The van der Waals surface area contributed by atoms with Gasteiger partial charge in [0, 0.05) is 13.1 Å². The molecule has 0 aliphatic carbocycles. The number of halogens is 1. The first-order chi connectivity index (χ1) is 10.7. The van der Waals surface area contributed by atoms with Crippen molar-refractivity contribution in [2.45, 2.75) is 6.23 Å². The van der Waals surface area contributed by atoms with E-state index in [-0.39, 0.29) is 6.54 Å². The number of carbonyl (C=O) groups excluding carboxylic acids is 2. The van der Waals surface area contributed by atoms with E-state index in [0.717, 1.165) is 0 Å². The zero-order valence-electron chi connectivity index (χ0n) is 11.8. The van der Waals surface area contributed by atoms with Crippen LogP contribution in [0.5, 0.6) is 0 Å². The number of nitrogens with zero attached hydrogens (tertiary/aromatic N) is 2. The maximum absolute atomic E-state index is 14.3. The number of carbonyl (C=O) groups is 2. The van der Waals surface area contributed by atoms with Gasteiger partial charge in [0.15, 0.2) is 6.23 Å². The molecular weight excluding hydrogens is 293 g/mol. The minimum absolute atomic E-state index is 0.147. The van der Waals surface area contributed by atoms with Crippen LogP contribution in [-0.2, 0) is 14.3 Å². The van der Waals surface area contributed by atoms with E-state index in [9.17, 15) is 14.0 Å². The maximum Gasteiger partial charge on any atom is 0.416 e. The SMILES string of the molecule is O=CNC1CN(c2ccc(N3CCOCC3)c(F)c2)C(=O)O1. The third-order valence-electron chi connectivity index (χ3n) is 3.66. The van der Waals surface area contributed by atoms with Gasteiger partial charge in [-0.15, -0.1) is 0 Å². The number of ether oxygens (including phenoxy) is 2. The van der Waals surface area contributed by atoms with Crippen LogP contribution in [0, 0.1) is 5.82 Å². The van der Waals surface area contributed by atoms with Crippen LogP contribution in [0.2, 0.25) is 0 Å². The van der Waals surface area contributed by atoms with E-state index in [1.165, 1.54) is 11.0 Å². The van der Waals surface area contributed by atoms with Crippen molar-refractivity contribution in [2.75, 3.05) is 42.6 Å². The molecule has 0 spiro atoms. The van der Waals surface area contributed by atoms with Gasteiger partial charge in [-0.25, -0.2) is 9.18 Å². The van der Waals surface area contributed by atoms with E-state index < -0.39 is 18.1 Å². The first kappa shape index (κ1) is 14.6. The molecule has 22 heavy (non-hydrogen) atoms. The molecule has 0 aromatic heterocycles. The third-order valence-corrected chi connectivity index (χ3v) is 3.66. The molecule has 2 saturated heterocycles. The summed E-state index contributed by atoms with van der Waals surface area (Å²) in [6.45, 7) is 2.55. The second kappa shape index (κ2) is 6.18. The molecule has 0 radical (unpaired) electrons. The summed E-state index contributed by atoms with van der Waals surface area (Å²) in [4.78, 5) is 25.3. The Morgan fingerprint density at radius 3 is 2.77 bits per heavy atom. The Balaban J connectivity index is 1.77. The molecule has 1 unspecified atom stereocenters. The lowest BCUT2D eigenvalue weighted by molar-refractivity contribution is -0.111. The summed E-state index contributed by atoms with van der Waals surface area (Å²) in [6, 6.07) is 4.61. The topological polar surface area (TPSA) is 71.1 Å². The highest BCUT2D eigenvalue weighted by molar-refractivity contribution is 5.90. The van der Waals surface area contributed by atoms with Crippen molar-refractivity contribution in [3.05, 3.63) is 24.0 Å². The van der Waals surface area contributed by atoms with Gasteiger partial charge in [-0.1, -0.05) is 0 Å². The summed E-state index contributed by atoms with van der Waals surface area (Å²) in [5, 5.41) is 2.37. The summed E-state index contributed by atoms with van der Waals surface area (Å²) >= 11 is 0. The Bertz CT molecular complexity index is 577. The first-order valence-electron chi connectivity index (χ1n) is 6.99. The van der Waals surface area contributed by atoms with Gasteiger partial charge in [-0.05, 0) is 18.2 Å². The summed E-state index contributed by atoms with van der Waals surface area (Å²) < 4.78 is 24.5. The van der Waals surface area contributed by atoms with Crippen LogP contribution >= 0.6 is 0 Å². The van der Waals surface area contributed by atoms with Crippen LogP contribution < -0.4 is 15.1 Å². The summed E-state index contributed by atoms with van der Waals surface area (Å²) in [6.07, 6.45) is -0.867. The Morgan fingerprint density at radius 2 is 2.09 bits per heavy atom. The summed E-state index contributed by atoms with van der Waals surface area (Å²) in [7, 11) is 0. The minimum Gasteiger partial charge on any atom is -0.423 e. The molecule has 1 aromatic rings. The highest BCUT2D eigenvalue weighted by Gasteiger charge is 2.32. The largest absolute Gasteiger partial charge is 0.423 e. The van der Waals surface area contributed by atoms with E-state index in [1.54, 1.807) is 12.1 Å². The normalized spacial score (nSPS) is 21.7. The molecule has 0 saturated carbocycles. The molecule has 2 amide bonds. The number of morpholine rings is 1. The molecule has 1 atom stereocenters. The van der Waals surface area contributed by atoms with Gasteiger partial charge in [0.2, 0.25) is 6.41 Å². The molecule has 2 aliphatic rings. The van der Waals surface area contributed by atoms with Crippen LogP contribution in [-0.4, -0.2) is 51.6 Å². The van der Waals surface area contributed by atoms with Crippen molar-refractivity contribution in [3.8, 4) is 0 Å². The van der Waals surface area contributed by atoms with Gasteiger partial charge >= 0.3 is 6.09 Å². The lowest BCUT2D eigenvalue weighted by Gasteiger charge is -2.29. The van der Waals surface area contributed by atoms with Gasteiger partial charge in [0.1, 0.15) is 5.82 Å². The van der Waals surface area contributed by atoms with Crippen molar-refractivity contribution >= 4 is 23.9 Å². The van der Waals surface area contributed by atoms with E-state index in [1.807, 2.05) is 4.90 Å². The van der Waals surface area contributed by atoms with Crippen molar-refractivity contribution < 1.29 is 23.5 Å². The predicted octanol–water partition coefficient (Wildman–Crippen LogP) is 0.691.